The highest BCUT2D eigenvalue weighted by molar-refractivity contribution is 7.80. The van der Waals surface area contributed by atoms with Crippen LogP contribution in [0.2, 0.25) is 0 Å². The minimum absolute atomic E-state index is 0.284. The van der Waals surface area contributed by atoms with Crippen LogP contribution in [0.5, 0.6) is 0 Å². The minimum atomic E-state index is -0.387. The lowest BCUT2D eigenvalue weighted by Gasteiger charge is -2.26. The quantitative estimate of drug-likeness (QED) is 0.436. The van der Waals surface area contributed by atoms with Gasteiger partial charge in [-0.25, -0.2) is 4.39 Å². The summed E-state index contributed by atoms with van der Waals surface area (Å²) in [5, 5.41) is 3.74. The number of halogens is 1. The van der Waals surface area contributed by atoms with Gasteiger partial charge in [0, 0.05) is 11.8 Å². The molecule has 2 aromatic heterocycles. The molecular weight excluding hydrogens is 397 g/mol. The van der Waals surface area contributed by atoms with Crippen LogP contribution in [0.15, 0.2) is 95.5 Å². The predicted molar refractivity (Wildman–Crippen MR) is 118 cm³/mol. The van der Waals surface area contributed by atoms with E-state index in [0.29, 0.717) is 16.6 Å². The summed E-state index contributed by atoms with van der Waals surface area (Å²) in [5.74, 6) is 1.08. The van der Waals surface area contributed by atoms with E-state index in [1.54, 1.807) is 29.3 Å². The Morgan fingerprint density at radius 2 is 1.67 bits per heavy atom. The number of anilines is 1. The van der Waals surface area contributed by atoms with Gasteiger partial charge >= 0.3 is 0 Å². The van der Waals surface area contributed by atoms with Crippen LogP contribution in [0.3, 0.4) is 0 Å². The van der Waals surface area contributed by atoms with Gasteiger partial charge in [0.15, 0.2) is 5.11 Å². The van der Waals surface area contributed by atoms with Gasteiger partial charge in [-0.1, -0.05) is 48.5 Å². The van der Waals surface area contributed by atoms with Crippen molar-refractivity contribution in [1.29, 1.82) is 0 Å². The van der Waals surface area contributed by atoms with E-state index in [9.17, 15) is 4.39 Å². The number of thiocarbonyl (C=S) groups is 1. The number of hydrogen-bond donors (Lipinski definition) is 1. The molecule has 0 bridgehead atoms. The molecule has 2 aromatic carbocycles. The van der Waals surface area contributed by atoms with Crippen LogP contribution in [0.1, 0.15) is 23.5 Å². The predicted octanol–water partition coefficient (Wildman–Crippen LogP) is 5.66. The first kappa shape index (κ1) is 18.5. The Balaban J connectivity index is 1.62. The first-order chi connectivity index (χ1) is 14.7. The zero-order valence-electron chi connectivity index (χ0n) is 15.9. The van der Waals surface area contributed by atoms with Gasteiger partial charge in [-0.05, 0) is 48.6 Å². The Bertz CT molecular complexity index is 1180. The van der Waals surface area contributed by atoms with Gasteiger partial charge in [-0.15, -0.1) is 0 Å². The topological polar surface area (TPSA) is 41.3 Å². The van der Waals surface area contributed by atoms with Crippen molar-refractivity contribution >= 4 is 23.0 Å². The van der Waals surface area contributed by atoms with E-state index in [1.165, 1.54) is 6.07 Å². The Morgan fingerprint density at radius 3 is 2.43 bits per heavy atom. The second kappa shape index (κ2) is 7.72. The molecule has 148 valence electrons. The molecule has 0 amide bonds. The zero-order chi connectivity index (χ0) is 20.5. The van der Waals surface area contributed by atoms with Crippen molar-refractivity contribution in [3.05, 3.63) is 108 Å². The van der Waals surface area contributed by atoms with Crippen molar-refractivity contribution in [3.63, 3.8) is 0 Å². The molecule has 1 saturated heterocycles. The normalized spacial score (nSPS) is 18.4. The van der Waals surface area contributed by atoms with Crippen LogP contribution in [-0.4, -0.2) is 10.1 Å². The highest BCUT2D eigenvalue weighted by atomic mass is 32.1. The molecule has 30 heavy (non-hydrogen) atoms. The molecule has 5 rings (SSSR count). The Morgan fingerprint density at radius 1 is 0.900 bits per heavy atom. The van der Waals surface area contributed by atoms with E-state index < -0.39 is 0 Å². The largest absolute Gasteiger partial charge is 0.459 e. The van der Waals surface area contributed by atoms with Crippen molar-refractivity contribution < 1.29 is 8.81 Å². The Kier molecular flexibility index (Phi) is 4.77. The van der Waals surface area contributed by atoms with E-state index in [-0.39, 0.29) is 17.9 Å². The molecule has 1 N–H and O–H groups in total. The summed E-state index contributed by atoms with van der Waals surface area (Å²) in [6.45, 7) is 0. The fourth-order valence-electron chi connectivity index (χ4n) is 3.82. The van der Waals surface area contributed by atoms with Crippen LogP contribution < -0.4 is 10.2 Å². The number of nitrogens with one attached hydrogen (secondary N) is 1. The van der Waals surface area contributed by atoms with Crippen molar-refractivity contribution in [2.75, 3.05) is 4.90 Å². The molecule has 0 spiro atoms. The Hall–Kier alpha value is -3.51. The number of furan rings is 1. The fourth-order valence-corrected chi connectivity index (χ4v) is 4.16. The molecular formula is C24H18FN3OS. The van der Waals surface area contributed by atoms with Crippen molar-refractivity contribution in [3.8, 4) is 11.3 Å². The number of para-hydroxylation sites is 1. The van der Waals surface area contributed by atoms with E-state index in [0.717, 1.165) is 17.0 Å². The molecule has 4 aromatic rings. The third kappa shape index (κ3) is 3.25. The number of nitrogens with zero attached hydrogens (tertiary/aromatic N) is 2. The zero-order valence-corrected chi connectivity index (χ0v) is 16.7. The summed E-state index contributed by atoms with van der Waals surface area (Å²) in [5.41, 5.74) is 2.18. The lowest BCUT2D eigenvalue weighted by atomic mass is 10.0. The summed E-state index contributed by atoms with van der Waals surface area (Å²) in [7, 11) is 0. The highest BCUT2D eigenvalue weighted by Crippen LogP contribution is 2.43. The second-order valence-electron chi connectivity index (χ2n) is 7.02. The number of aromatic nitrogens is 1. The Labute approximate surface area is 179 Å². The maximum atomic E-state index is 14.7. The highest BCUT2D eigenvalue weighted by Gasteiger charge is 2.43. The molecule has 3 heterocycles. The molecule has 0 aliphatic carbocycles. The SMILES string of the molecule is Fc1ccccc1N1C(=S)N[C@H](c2ccccn2)[C@H]1c1ccc(-c2ccccc2)o1. The molecule has 0 saturated carbocycles. The van der Waals surface area contributed by atoms with E-state index in [4.69, 9.17) is 16.6 Å². The van der Waals surface area contributed by atoms with Crippen LogP contribution in [0, 0.1) is 5.82 Å². The minimum Gasteiger partial charge on any atom is -0.459 e. The number of rotatable bonds is 4. The van der Waals surface area contributed by atoms with Crippen LogP contribution >= 0.6 is 12.2 Å². The summed E-state index contributed by atoms with van der Waals surface area (Å²) < 4.78 is 21.0. The number of hydrogen-bond acceptors (Lipinski definition) is 3. The maximum Gasteiger partial charge on any atom is 0.174 e. The summed E-state index contributed by atoms with van der Waals surface area (Å²) in [4.78, 5) is 6.28. The van der Waals surface area contributed by atoms with Crippen LogP contribution in [0.25, 0.3) is 11.3 Å². The van der Waals surface area contributed by atoms with Gasteiger partial charge in [0.1, 0.15) is 23.4 Å². The van der Waals surface area contributed by atoms with E-state index in [1.807, 2.05) is 60.7 Å². The van der Waals surface area contributed by atoms with E-state index >= 15 is 0 Å². The first-order valence-corrected chi connectivity index (χ1v) is 10.0. The monoisotopic (exact) mass is 415 g/mol. The van der Waals surface area contributed by atoms with Gasteiger partial charge in [0.25, 0.3) is 0 Å². The average Bonchev–Trinajstić information content (AvgIpc) is 3.40. The third-order valence-electron chi connectivity index (χ3n) is 5.19. The number of benzene rings is 2. The smallest absolute Gasteiger partial charge is 0.174 e. The lowest BCUT2D eigenvalue weighted by molar-refractivity contribution is 0.438. The standard InChI is InChI=1S/C24H18FN3OS/c25-17-10-4-5-12-19(17)28-23(22(27-24(28)30)18-11-6-7-15-26-18)21-14-13-20(29-21)16-8-2-1-3-9-16/h1-15,22-23H,(H,27,30)/t22-,23-/m1/s1. The molecule has 4 nitrogen and oxygen atoms in total. The second-order valence-corrected chi connectivity index (χ2v) is 7.40. The number of pyridine rings is 1. The molecule has 0 radical (unpaired) electrons. The molecule has 1 fully saturated rings. The van der Waals surface area contributed by atoms with Gasteiger partial charge in [-0.2, -0.15) is 0 Å². The first-order valence-electron chi connectivity index (χ1n) is 9.63. The van der Waals surface area contributed by atoms with Crippen molar-refractivity contribution in [2.24, 2.45) is 0 Å². The summed E-state index contributed by atoms with van der Waals surface area (Å²) in [6, 6.07) is 25.4. The van der Waals surface area contributed by atoms with Gasteiger partial charge < -0.3 is 14.6 Å². The van der Waals surface area contributed by atoms with Gasteiger partial charge in [-0.3, -0.25) is 4.98 Å². The molecule has 2 atom stereocenters. The van der Waals surface area contributed by atoms with Gasteiger partial charge in [0.2, 0.25) is 0 Å². The van der Waals surface area contributed by atoms with E-state index in [2.05, 4.69) is 10.3 Å². The van der Waals surface area contributed by atoms with Crippen molar-refractivity contribution in [2.45, 2.75) is 12.1 Å². The fraction of sp³-hybridized carbons (Fsp3) is 0.0833. The molecule has 1 aliphatic rings. The summed E-state index contributed by atoms with van der Waals surface area (Å²) >= 11 is 5.62. The molecule has 6 heteroatoms. The average molecular weight is 415 g/mol. The van der Waals surface area contributed by atoms with Crippen LogP contribution in [0.4, 0.5) is 10.1 Å². The maximum absolute atomic E-state index is 14.7. The summed E-state index contributed by atoms with van der Waals surface area (Å²) in [6.07, 6.45) is 1.74. The third-order valence-corrected chi connectivity index (χ3v) is 5.50. The van der Waals surface area contributed by atoms with Crippen molar-refractivity contribution in [1.82, 2.24) is 10.3 Å². The molecule has 0 unspecified atom stereocenters. The lowest BCUT2D eigenvalue weighted by Crippen LogP contribution is -2.30. The molecule has 1 aliphatic heterocycles. The van der Waals surface area contributed by atoms with Gasteiger partial charge in [0.05, 0.1) is 17.4 Å². The van der Waals surface area contributed by atoms with Crippen LogP contribution in [-0.2, 0) is 0 Å².